The molecule has 0 N–H and O–H groups in total. The fourth-order valence-corrected chi connectivity index (χ4v) is 2.72. The Labute approximate surface area is 134 Å². The van der Waals surface area contributed by atoms with Crippen LogP contribution < -0.4 is 0 Å². The van der Waals surface area contributed by atoms with Crippen molar-refractivity contribution in [1.82, 2.24) is 4.57 Å². The number of benzene rings is 2. The zero-order valence-corrected chi connectivity index (χ0v) is 12.4. The van der Waals surface area contributed by atoms with Crippen LogP contribution in [0.2, 0.25) is 0 Å². The standard InChI is InChI=1S/C20H13N3/c1-3-15(13-21)12-16(14-22-2)23-19-10-6-4-8-17(19)18-9-5-7-11-20(18)23/h3-12,14H,1H2/b15-12+,16-14-. The van der Waals surface area contributed by atoms with Crippen LogP contribution in [0.5, 0.6) is 0 Å². The van der Waals surface area contributed by atoms with Gasteiger partial charge in [0.1, 0.15) is 0 Å². The second kappa shape index (κ2) is 6.05. The lowest BCUT2D eigenvalue weighted by Crippen LogP contribution is -1.95. The van der Waals surface area contributed by atoms with Crippen LogP contribution in [-0.2, 0) is 0 Å². The highest BCUT2D eigenvalue weighted by molar-refractivity contribution is 6.10. The second-order valence-corrected chi connectivity index (χ2v) is 4.97. The molecule has 0 saturated heterocycles. The third kappa shape index (κ3) is 2.41. The van der Waals surface area contributed by atoms with E-state index in [1.54, 1.807) is 6.08 Å². The molecule has 0 bridgehead atoms. The summed E-state index contributed by atoms with van der Waals surface area (Å²) in [5.41, 5.74) is 3.07. The molecule has 0 aliphatic carbocycles. The number of hydrogen-bond donors (Lipinski definition) is 0. The monoisotopic (exact) mass is 295 g/mol. The average molecular weight is 295 g/mol. The number of nitrogens with zero attached hydrogens (tertiary/aromatic N) is 3. The number of allylic oxidation sites excluding steroid dienone is 4. The molecule has 0 unspecified atom stereocenters. The summed E-state index contributed by atoms with van der Waals surface area (Å²) in [5, 5.41) is 11.4. The third-order valence-corrected chi connectivity index (χ3v) is 3.69. The van der Waals surface area contributed by atoms with Gasteiger partial charge in [-0.15, -0.1) is 0 Å². The number of para-hydroxylation sites is 2. The lowest BCUT2D eigenvalue weighted by Gasteiger charge is -2.08. The van der Waals surface area contributed by atoms with E-state index < -0.39 is 0 Å². The van der Waals surface area contributed by atoms with Gasteiger partial charge in [0, 0.05) is 16.5 Å². The highest BCUT2D eigenvalue weighted by Gasteiger charge is 2.11. The summed E-state index contributed by atoms with van der Waals surface area (Å²) in [5.74, 6) is 0. The fraction of sp³-hybridized carbons (Fsp3) is 0. The van der Waals surface area contributed by atoms with Gasteiger partial charge in [-0.2, -0.15) is 5.26 Å². The summed E-state index contributed by atoms with van der Waals surface area (Å²) < 4.78 is 2.00. The highest BCUT2D eigenvalue weighted by Crippen LogP contribution is 2.32. The van der Waals surface area contributed by atoms with Gasteiger partial charge in [0.05, 0.1) is 29.2 Å². The van der Waals surface area contributed by atoms with Crippen LogP contribution in [-0.4, -0.2) is 4.57 Å². The fourth-order valence-electron chi connectivity index (χ4n) is 2.72. The maximum Gasteiger partial charge on any atom is 0.177 e. The Bertz CT molecular complexity index is 997. The SMILES string of the molecule is [C-]#[N+]/C=C(/C=C(/C#N)C=C)n1c2ccccc2c2ccccc21. The molecule has 0 amide bonds. The molecule has 108 valence electrons. The summed E-state index contributed by atoms with van der Waals surface area (Å²) >= 11 is 0. The Morgan fingerprint density at radius 1 is 1.09 bits per heavy atom. The zero-order chi connectivity index (χ0) is 16.2. The summed E-state index contributed by atoms with van der Waals surface area (Å²) in [6, 6.07) is 18.2. The van der Waals surface area contributed by atoms with E-state index in [-0.39, 0.29) is 0 Å². The van der Waals surface area contributed by atoms with Crippen molar-refractivity contribution in [3.63, 3.8) is 0 Å². The third-order valence-electron chi connectivity index (χ3n) is 3.69. The van der Waals surface area contributed by atoms with Gasteiger partial charge < -0.3 is 4.57 Å². The maximum absolute atomic E-state index is 9.16. The van der Waals surface area contributed by atoms with Crippen LogP contribution in [0, 0.1) is 17.9 Å². The molecule has 0 aliphatic heterocycles. The molecule has 0 spiro atoms. The van der Waals surface area contributed by atoms with E-state index >= 15 is 0 Å². The normalized spacial score (nSPS) is 12.1. The number of nitriles is 1. The first-order chi connectivity index (χ1) is 11.3. The van der Waals surface area contributed by atoms with Crippen LogP contribution in [0.1, 0.15) is 0 Å². The molecule has 3 aromatic rings. The van der Waals surface area contributed by atoms with E-state index in [2.05, 4.69) is 29.6 Å². The first kappa shape index (κ1) is 14.4. The van der Waals surface area contributed by atoms with E-state index in [1.807, 2.05) is 41.0 Å². The number of rotatable bonds is 3. The molecular formula is C20H13N3. The van der Waals surface area contributed by atoms with E-state index in [9.17, 15) is 0 Å². The summed E-state index contributed by atoms with van der Waals surface area (Å²) in [6.45, 7) is 10.9. The van der Waals surface area contributed by atoms with E-state index in [0.717, 1.165) is 21.8 Å². The number of aromatic nitrogens is 1. The lowest BCUT2D eigenvalue weighted by atomic mass is 10.2. The van der Waals surface area contributed by atoms with E-state index in [1.165, 1.54) is 12.3 Å². The summed E-state index contributed by atoms with van der Waals surface area (Å²) in [4.78, 5) is 3.41. The van der Waals surface area contributed by atoms with Crippen LogP contribution in [0.15, 0.2) is 79.0 Å². The Morgan fingerprint density at radius 3 is 2.13 bits per heavy atom. The van der Waals surface area contributed by atoms with Crippen molar-refractivity contribution in [3.8, 4) is 6.07 Å². The predicted octanol–water partition coefficient (Wildman–Crippen LogP) is 5.15. The molecule has 0 fully saturated rings. The molecule has 1 heterocycles. The molecule has 2 aromatic carbocycles. The minimum Gasteiger partial charge on any atom is -0.320 e. The molecule has 1 aromatic heterocycles. The Hall–Kier alpha value is -3.56. The summed E-state index contributed by atoms with van der Waals surface area (Å²) in [6.07, 6.45) is 4.61. The molecule has 3 rings (SSSR count). The van der Waals surface area contributed by atoms with E-state index in [0.29, 0.717) is 11.3 Å². The van der Waals surface area contributed by atoms with Crippen LogP contribution in [0.4, 0.5) is 0 Å². The molecule has 0 radical (unpaired) electrons. The smallest absolute Gasteiger partial charge is 0.177 e. The molecule has 0 saturated carbocycles. The van der Waals surface area contributed by atoms with Gasteiger partial charge in [-0.3, -0.25) is 0 Å². The number of hydrogen-bond acceptors (Lipinski definition) is 1. The quantitative estimate of drug-likeness (QED) is 0.374. The Kier molecular flexibility index (Phi) is 3.78. The van der Waals surface area contributed by atoms with Crippen LogP contribution in [0.3, 0.4) is 0 Å². The van der Waals surface area contributed by atoms with Crippen LogP contribution in [0.25, 0.3) is 32.3 Å². The lowest BCUT2D eigenvalue weighted by molar-refractivity contribution is 1.23. The van der Waals surface area contributed by atoms with Gasteiger partial charge in [0.15, 0.2) is 6.20 Å². The highest BCUT2D eigenvalue weighted by atomic mass is 15.0. The predicted molar refractivity (Wildman–Crippen MR) is 94.2 cm³/mol. The van der Waals surface area contributed by atoms with Crippen molar-refractivity contribution in [3.05, 3.63) is 90.5 Å². The first-order valence-corrected chi connectivity index (χ1v) is 7.09. The van der Waals surface area contributed by atoms with Gasteiger partial charge in [0.2, 0.25) is 0 Å². The van der Waals surface area contributed by atoms with Crippen molar-refractivity contribution >= 4 is 27.5 Å². The average Bonchev–Trinajstić information content (AvgIpc) is 2.93. The molecule has 0 aliphatic rings. The molecule has 3 heteroatoms. The Morgan fingerprint density at radius 2 is 1.65 bits per heavy atom. The maximum atomic E-state index is 9.16. The van der Waals surface area contributed by atoms with Gasteiger partial charge in [-0.25, -0.2) is 4.85 Å². The number of fused-ring (bicyclic) bond motifs is 3. The molecule has 0 atom stereocenters. The van der Waals surface area contributed by atoms with Gasteiger partial charge in [-0.1, -0.05) is 49.1 Å². The topological polar surface area (TPSA) is 33.1 Å². The van der Waals surface area contributed by atoms with Crippen molar-refractivity contribution in [2.75, 3.05) is 0 Å². The second-order valence-electron chi connectivity index (χ2n) is 4.97. The van der Waals surface area contributed by atoms with E-state index in [4.69, 9.17) is 11.8 Å². The van der Waals surface area contributed by atoms with Crippen molar-refractivity contribution in [2.24, 2.45) is 0 Å². The van der Waals surface area contributed by atoms with Gasteiger partial charge >= 0.3 is 0 Å². The van der Waals surface area contributed by atoms with Crippen molar-refractivity contribution < 1.29 is 0 Å². The summed E-state index contributed by atoms with van der Waals surface area (Å²) in [7, 11) is 0. The van der Waals surface area contributed by atoms with Crippen molar-refractivity contribution in [1.29, 1.82) is 5.26 Å². The van der Waals surface area contributed by atoms with Gasteiger partial charge in [-0.05, 0) is 18.2 Å². The molecule has 23 heavy (non-hydrogen) atoms. The van der Waals surface area contributed by atoms with Gasteiger partial charge in [0.25, 0.3) is 0 Å². The minimum absolute atomic E-state index is 0.418. The first-order valence-electron chi connectivity index (χ1n) is 7.09. The Balaban J connectivity index is 2.43. The minimum atomic E-state index is 0.418. The van der Waals surface area contributed by atoms with Crippen LogP contribution >= 0.6 is 0 Å². The zero-order valence-electron chi connectivity index (χ0n) is 12.4. The largest absolute Gasteiger partial charge is 0.320 e. The molecular weight excluding hydrogens is 282 g/mol. The molecule has 3 nitrogen and oxygen atoms in total. The van der Waals surface area contributed by atoms with Crippen molar-refractivity contribution in [2.45, 2.75) is 0 Å².